The molecule has 0 bridgehead atoms. The molecular formula is C21H16FN3O6S3. The Labute approximate surface area is 203 Å². The van der Waals surface area contributed by atoms with Gasteiger partial charge in [-0.15, -0.1) is 0 Å². The molecule has 0 aromatic heterocycles. The van der Waals surface area contributed by atoms with Crippen LogP contribution in [0.2, 0.25) is 0 Å². The number of benzene rings is 2. The lowest BCUT2D eigenvalue weighted by Crippen LogP contribution is -2.36. The fraction of sp³-hybridized carbons (Fsp3) is 0.143. The largest absolute Gasteiger partial charge is 0.325 e. The van der Waals surface area contributed by atoms with E-state index in [1.54, 1.807) is 24.3 Å². The van der Waals surface area contributed by atoms with Crippen molar-refractivity contribution in [2.75, 3.05) is 29.1 Å². The van der Waals surface area contributed by atoms with Crippen molar-refractivity contribution in [1.82, 2.24) is 4.90 Å². The van der Waals surface area contributed by atoms with E-state index in [1.165, 1.54) is 29.2 Å². The zero-order chi connectivity index (χ0) is 24.6. The van der Waals surface area contributed by atoms with Crippen LogP contribution in [0.1, 0.15) is 5.56 Å². The molecule has 0 unspecified atom stereocenters. The molecule has 2 N–H and O–H groups in total. The molecule has 4 rings (SSSR count). The maximum atomic E-state index is 13.3. The van der Waals surface area contributed by atoms with Crippen molar-refractivity contribution in [3.05, 3.63) is 64.8 Å². The Hall–Kier alpha value is -3.13. The third-order valence-electron chi connectivity index (χ3n) is 5.00. The molecule has 13 heteroatoms. The highest BCUT2D eigenvalue weighted by Gasteiger charge is 2.42. The van der Waals surface area contributed by atoms with Gasteiger partial charge in [-0.3, -0.25) is 28.7 Å². The number of para-hydroxylation sites is 1. The molecule has 3 amide bonds. The van der Waals surface area contributed by atoms with Crippen molar-refractivity contribution >= 4 is 73.1 Å². The van der Waals surface area contributed by atoms with Gasteiger partial charge in [-0.2, -0.15) is 8.42 Å². The van der Waals surface area contributed by atoms with E-state index in [4.69, 9.17) is 16.8 Å². The van der Waals surface area contributed by atoms with Crippen LogP contribution in [0.25, 0.3) is 5.57 Å². The molecule has 2 aliphatic heterocycles. The van der Waals surface area contributed by atoms with E-state index in [1.807, 2.05) is 0 Å². The van der Waals surface area contributed by atoms with Crippen LogP contribution in [-0.2, 0) is 24.5 Å². The lowest BCUT2D eigenvalue weighted by molar-refractivity contribution is -0.122. The lowest BCUT2D eigenvalue weighted by Gasteiger charge is -2.16. The molecule has 9 nitrogen and oxygen atoms in total. The third kappa shape index (κ3) is 4.87. The highest BCUT2D eigenvalue weighted by Crippen LogP contribution is 2.44. The van der Waals surface area contributed by atoms with Gasteiger partial charge < -0.3 is 5.32 Å². The van der Waals surface area contributed by atoms with Crippen LogP contribution in [0, 0.1) is 5.82 Å². The normalized spacial score (nSPS) is 18.0. The Morgan fingerprint density at radius 3 is 2.41 bits per heavy atom. The standard InChI is InChI=1S/C21H16FN3O6S3/c22-12-5-7-13(8-6-12)23-16(26)11-25-15-4-2-1-3-14(15)17(19(25)27)18-20(28)24(21(32)33-18)9-10-34(29,30)31/h1-8H,9-11H2,(H,23,26)(H,29,30,31)/b18-17-. The van der Waals surface area contributed by atoms with Crippen molar-refractivity contribution in [2.45, 2.75) is 0 Å². The minimum atomic E-state index is -4.32. The first-order valence-electron chi connectivity index (χ1n) is 9.75. The van der Waals surface area contributed by atoms with Crippen LogP contribution >= 0.6 is 24.0 Å². The molecule has 2 heterocycles. The second-order valence-electron chi connectivity index (χ2n) is 7.28. The highest BCUT2D eigenvalue weighted by atomic mass is 32.2. The zero-order valence-electron chi connectivity index (χ0n) is 17.2. The molecule has 2 aliphatic rings. The summed E-state index contributed by atoms with van der Waals surface area (Å²) in [6, 6.07) is 11.8. The average Bonchev–Trinajstić information content (AvgIpc) is 3.20. The van der Waals surface area contributed by atoms with E-state index in [2.05, 4.69) is 5.32 Å². The number of thiocarbonyl (C=S) groups is 1. The number of hydrogen-bond donors (Lipinski definition) is 2. The molecule has 0 saturated carbocycles. The van der Waals surface area contributed by atoms with Crippen LogP contribution in [0.15, 0.2) is 53.4 Å². The van der Waals surface area contributed by atoms with E-state index in [0.29, 0.717) is 16.9 Å². The highest BCUT2D eigenvalue weighted by molar-refractivity contribution is 8.26. The van der Waals surface area contributed by atoms with Crippen molar-refractivity contribution in [3.63, 3.8) is 0 Å². The van der Waals surface area contributed by atoms with Gasteiger partial charge >= 0.3 is 0 Å². The van der Waals surface area contributed by atoms with E-state index >= 15 is 0 Å². The summed E-state index contributed by atoms with van der Waals surface area (Å²) in [6.07, 6.45) is 0. The first-order valence-corrected chi connectivity index (χ1v) is 12.6. The lowest BCUT2D eigenvalue weighted by atomic mass is 10.1. The van der Waals surface area contributed by atoms with E-state index in [-0.39, 0.29) is 27.9 Å². The molecule has 1 fully saturated rings. The first kappa shape index (κ1) is 24.0. The predicted octanol–water partition coefficient (Wildman–Crippen LogP) is 2.27. The molecule has 0 aliphatic carbocycles. The number of carbonyl (C=O) groups is 3. The first-order chi connectivity index (χ1) is 16.0. The minimum absolute atomic E-state index is 0.0132. The summed E-state index contributed by atoms with van der Waals surface area (Å²) in [4.78, 5) is 41.1. The van der Waals surface area contributed by atoms with Crippen LogP contribution in [0.4, 0.5) is 15.8 Å². The van der Waals surface area contributed by atoms with Crippen molar-refractivity contribution in [1.29, 1.82) is 0 Å². The van der Waals surface area contributed by atoms with Gasteiger partial charge in [0.05, 0.1) is 21.9 Å². The van der Waals surface area contributed by atoms with Gasteiger partial charge in [0.25, 0.3) is 21.9 Å². The maximum Gasteiger partial charge on any atom is 0.267 e. The number of halogens is 1. The van der Waals surface area contributed by atoms with Gasteiger partial charge in [-0.1, -0.05) is 42.2 Å². The molecule has 34 heavy (non-hydrogen) atoms. The smallest absolute Gasteiger partial charge is 0.267 e. The number of amides is 3. The van der Waals surface area contributed by atoms with E-state index in [9.17, 15) is 27.2 Å². The van der Waals surface area contributed by atoms with Crippen LogP contribution in [-0.4, -0.2) is 58.8 Å². The summed E-state index contributed by atoms with van der Waals surface area (Å²) in [5, 5.41) is 2.59. The second kappa shape index (κ2) is 9.25. The number of fused-ring (bicyclic) bond motifs is 1. The van der Waals surface area contributed by atoms with Crippen molar-refractivity contribution in [3.8, 4) is 0 Å². The predicted molar refractivity (Wildman–Crippen MR) is 129 cm³/mol. The maximum absolute atomic E-state index is 13.3. The monoisotopic (exact) mass is 521 g/mol. The van der Waals surface area contributed by atoms with Crippen LogP contribution < -0.4 is 10.2 Å². The summed E-state index contributed by atoms with van der Waals surface area (Å²) >= 11 is 6.03. The molecule has 2 aromatic carbocycles. The number of anilines is 2. The Bertz CT molecular complexity index is 1360. The van der Waals surface area contributed by atoms with Gasteiger partial charge in [0.1, 0.15) is 16.7 Å². The Balaban J connectivity index is 1.61. The van der Waals surface area contributed by atoms with E-state index in [0.717, 1.165) is 16.7 Å². The zero-order valence-corrected chi connectivity index (χ0v) is 19.7. The molecule has 0 atom stereocenters. The van der Waals surface area contributed by atoms with Crippen LogP contribution in [0.3, 0.4) is 0 Å². The fourth-order valence-electron chi connectivity index (χ4n) is 3.48. The van der Waals surface area contributed by atoms with Crippen molar-refractivity contribution < 1.29 is 31.7 Å². The summed E-state index contributed by atoms with van der Waals surface area (Å²) in [5.74, 6) is -2.94. The summed E-state index contributed by atoms with van der Waals surface area (Å²) < 4.78 is 44.3. The fourth-order valence-corrected chi connectivity index (χ4v) is 5.28. The van der Waals surface area contributed by atoms with E-state index < -0.39 is 39.4 Å². The number of hydrogen-bond acceptors (Lipinski definition) is 7. The van der Waals surface area contributed by atoms with Gasteiger partial charge in [-0.25, -0.2) is 4.39 Å². The number of carbonyl (C=O) groups excluding carboxylic acids is 3. The molecule has 0 radical (unpaired) electrons. The molecule has 1 saturated heterocycles. The molecular weight excluding hydrogens is 505 g/mol. The van der Waals surface area contributed by atoms with Gasteiger partial charge in [0.15, 0.2) is 0 Å². The number of rotatable bonds is 6. The number of thioether (sulfide) groups is 1. The second-order valence-corrected chi connectivity index (χ2v) is 10.5. The van der Waals surface area contributed by atoms with Gasteiger partial charge in [0, 0.05) is 17.8 Å². The minimum Gasteiger partial charge on any atom is -0.325 e. The quantitative estimate of drug-likeness (QED) is 0.337. The topological polar surface area (TPSA) is 124 Å². The van der Waals surface area contributed by atoms with Gasteiger partial charge in [0.2, 0.25) is 5.91 Å². The molecule has 176 valence electrons. The van der Waals surface area contributed by atoms with Crippen LogP contribution in [0.5, 0.6) is 0 Å². The summed E-state index contributed by atoms with van der Waals surface area (Å²) in [6.45, 7) is -0.723. The number of nitrogens with zero attached hydrogens (tertiary/aromatic N) is 2. The Morgan fingerprint density at radius 1 is 1.06 bits per heavy atom. The summed E-state index contributed by atoms with van der Waals surface area (Å²) in [7, 11) is -4.32. The summed E-state index contributed by atoms with van der Waals surface area (Å²) in [5.41, 5.74) is 1.25. The van der Waals surface area contributed by atoms with Gasteiger partial charge in [-0.05, 0) is 30.3 Å². The number of nitrogens with one attached hydrogen (secondary N) is 1. The average molecular weight is 522 g/mol. The third-order valence-corrected chi connectivity index (χ3v) is 7.15. The Morgan fingerprint density at radius 2 is 1.74 bits per heavy atom. The molecule has 2 aromatic rings. The molecule has 0 spiro atoms. The Kier molecular flexibility index (Phi) is 6.53. The van der Waals surface area contributed by atoms with Crippen molar-refractivity contribution in [2.24, 2.45) is 0 Å². The SMILES string of the molecule is O=C(CN1C(=O)/C(=C2\SC(=S)N(CCS(=O)(=O)O)C2=O)c2ccccc21)Nc1ccc(F)cc1.